The molecule has 2 aromatic rings. The van der Waals surface area contributed by atoms with E-state index in [4.69, 9.17) is 4.74 Å². The second kappa shape index (κ2) is 18.2. The number of nitrogens with one attached hydrogen (secondary N) is 5. The van der Waals surface area contributed by atoms with Crippen LogP contribution >= 0.6 is 0 Å². The van der Waals surface area contributed by atoms with E-state index in [0.717, 1.165) is 31.4 Å². The third-order valence-electron chi connectivity index (χ3n) is 8.78. The summed E-state index contributed by atoms with van der Waals surface area (Å²) >= 11 is 0. The lowest BCUT2D eigenvalue weighted by Gasteiger charge is -2.38. The van der Waals surface area contributed by atoms with Gasteiger partial charge in [-0.1, -0.05) is 61.7 Å². The van der Waals surface area contributed by atoms with Crippen molar-refractivity contribution in [3.05, 3.63) is 65.7 Å². The molecule has 2 atom stereocenters. The molecule has 2 aromatic carbocycles. The van der Waals surface area contributed by atoms with E-state index in [1.165, 1.54) is 0 Å². The van der Waals surface area contributed by atoms with Crippen LogP contribution < -0.4 is 31.3 Å². The molecule has 1 aliphatic carbocycles. The first-order valence-corrected chi connectivity index (χ1v) is 17.1. The molecule has 1 heterocycles. The van der Waals surface area contributed by atoms with Crippen molar-refractivity contribution in [3.63, 3.8) is 0 Å². The van der Waals surface area contributed by atoms with Crippen molar-refractivity contribution in [2.45, 2.75) is 81.8 Å². The van der Waals surface area contributed by atoms with Crippen molar-refractivity contribution >= 4 is 29.5 Å². The summed E-state index contributed by atoms with van der Waals surface area (Å²) < 4.78 is 5.92. The number of benzene rings is 2. The zero-order valence-electron chi connectivity index (χ0n) is 28.1. The molecule has 0 saturated heterocycles. The van der Waals surface area contributed by atoms with Gasteiger partial charge in [0.05, 0.1) is 18.6 Å². The maximum Gasteiger partial charge on any atom is 0.255 e. The van der Waals surface area contributed by atoms with Gasteiger partial charge in [-0.2, -0.15) is 0 Å². The van der Waals surface area contributed by atoms with Gasteiger partial charge in [0.1, 0.15) is 23.4 Å². The van der Waals surface area contributed by atoms with Gasteiger partial charge in [0, 0.05) is 19.5 Å². The van der Waals surface area contributed by atoms with Gasteiger partial charge in [-0.25, -0.2) is 0 Å². The van der Waals surface area contributed by atoms with Crippen LogP contribution in [0, 0.1) is 0 Å². The molecule has 4 rings (SSSR count). The lowest BCUT2D eigenvalue weighted by Crippen LogP contribution is -2.63. The molecule has 0 bridgehead atoms. The lowest BCUT2D eigenvalue weighted by molar-refractivity contribution is -0.138. The smallest absolute Gasteiger partial charge is 0.255 e. The van der Waals surface area contributed by atoms with Crippen LogP contribution in [0.4, 0.5) is 0 Å². The number of carbonyl (C=O) groups excluding carboxylic acids is 5. The Balaban J connectivity index is 1.60. The van der Waals surface area contributed by atoms with Crippen LogP contribution in [0.3, 0.4) is 0 Å². The van der Waals surface area contributed by atoms with Gasteiger partial charge in [-0.3, -0.25) is 24.0 Å². The second-order valence-corrected chi connectivity index (χ2v) is 12.9. The van der Waals surface area contributed by atoms with Gasteiger partial charge >= 0.3 is 0 Å². The molecular formula is C36H50N6O6. The highest BCUT2D eigenvalue weighted by Gasteiger charge is 2.43. The fourth-order valence-corrected chi connectivity index (χ4v) is 6.13. The predicted molar refractivity (Wildman–Crippen MR) is 182 cm³/mol. The van der Waals surface area contributed by atoms with Crippen LogP contribution in [-0.2, 0) is 25.6 Å². The summed E-state index contributed by atoms with van der Waals surface area (Å²) in [6.07, 6.45) is 5.08. The Bertz CT molecular complexity index is 1390. The van der Waals surface area contributed by atoms with Crippen molar-refractivity contribution in [1.82, 2.24) is 31.5 Å². The second-order valence-electron chi connectivity index (χ2n) is 12.9. The molecule has 2 aliphatic rings. The van der Waals surface area contributed by atoms with Crippen molar-refractivity contribution < 1.29 is 28.7 Å². The summed E-state index contributed by atoms with van der Waals surface area (Å²) in [5, 5.41) is 14.4. The van der Waals surface area contributed by atoms with Crippen LogP contribution in [0.25, 0.3) is 0 Å². The zero-order chi connectivity index (χ0) is 34.4. The molecule has 1 aliphatic heterocycles. The third kappa shape index (κ3) is 10.8. The summed E-state index contributed by atoms with van der Waals surface area (Å²) in [4.78, 5) is 70.2. The number of nitrogens with zero attached hydrogens (tertiary/aromatic N) is 1. The first kappa shape index (κ1) is 36.4. The summed E-state index contributed by atoms with van der Waals surface area (Å²) in [5.74, 6) is -2.05. The molecular weight excluding hydrogens is 612 g/mol. The average Bonchev–Trinajstić information content (AvgIpc) is 3.07. The number of hydrogen-bond acceptors (Lipinski definition) is 7. The number of ether oxygens (including phenoxy) is 1. The molecule has 1 fully saturated rings. The Kier molecular flexibility index (Phi) is 13.8. The Morgan fingerprint density at radius 2 is 1.65 bits per heavy atom. The molecule has 260 valence electrons. The van der Waals surface area contributed by atoms with E-state index in [-0.39, 0.29) is 37.5 Å². The van der Waals surface area contributed by atoms with Gasteiger partial charge in [-0.15, -0.1) is 0 Å². The number of amides is 5. The fourth-order valence-electron chi connectivity index (χ4n) is 6.13. The number of para-hydroxylation sites is 1. The van der Waals surface area contributed by atoms with Gasteiger partial charge in [-0.05, 0) is 70.4 Å². The van der Waals surface area contributed by atoms with Crippen LogP contribution in [-0.4, -0.2) is 92.4 Å². The van der Waals surface area contributed by atoms with E-state index in [1.807, 2.05) is 44.4 Å². The van der Waals surface area contributed by atoms with Crippen LogP contribution in [0.2, 0.25) is 0 Å². The number of hydrogen-bond donors (Lipinski definition) is 5. The molecule has 0 unspecified atom stereocenters. The fraction of sp³-hybridized carbons (Fsp3) is 0.528. The van der Waals surface area contributed by atoms with Crippen molar-refractivity contribution in [1.29, 1.82) is 0 Å². The van der Waals surface area contributed by atoms with Crippen LogP contribution in [0.15, 0.2) is 54.6 Å². The highest BCUT2D eigenvalue weighted by Crippen LogP contribution is 2.29. The highest BCUT2D eigenvalue weighted by atomic mass is 16.5. The number of rotatable bonds is 8. The van der Waals surface area contributed by atoms with Gasteiger partial charge in [0.25, 0.3) is 5.91 Å². The normalized spacial score (nSPS) is 21.0. The minimum absolute atomic E-state index is 0.211. The topological polar surface area (TPSA) is 158 Å². The first-order valence-electron chi connectivity index (χ1n) is 17.1. The summed E-state index contributed by atoms with van der Waals surface area (Å²) in [6, 6.07) is 14.1. The van der Waals surface area contributed by atoms with Gasteiger partial charge in [0.15, 0.2) is 0 Å². The predicted octanol–water partition coefficient (Wildman–Crippen LogP) is 2.08. The SMILES string of the molecule is CN(C)CCCCNC(=O)[C@@H]1CC(=O)NC2(CCCCC2)C(=O)N[C@@H](Cc2ccccc2)C(=O)NCCCOc2ccccc2C(=O)N1. The number of carbonyl (C=O) groups is 5. The van der Waals surface area contributed by atoms with Crippen LogP contribution in [0.5, 0.6) is 5.75 Å². The largest absolute Gasteiger partial charge is 0.493 e. The monoisotopic (exact) mass is 662 g/mol. The quantitative estimate of drug-likeness (QED) is 0.271. The van der Waals surface area contributed by atoms with E-state index in [1.54, 1.807) is 24.3 Å². The molecule has 1 saturated carbocycles. The van der Waals surface area contributed by atoms with Gasteiger partial charge < -0.3 is 36.2 Å². The number of fused-ring (bicyclic) bond motifs is 1. The molecule has 12 heteroatoms. The van der Waals surface area contributed by atoms with E-state index < -0.39 is 41.3 Å². The maximum atomic E-state index is 14.1. The zero-order valence-corrected chi connectivity index (χ0v) is 28.1. The Hall–Kier alpha value is -4.45. The van der Waals surface area contributed by atoms with E-state index in [9.17, 15) is 24.0 Å². The molecule has 0 aromatic heterocycles. The van der Waals surface area contributed by atoms with Crippen molar-refractivity contribution in [2.24, 2.45) is 0 Å². The number of unbranched alkanes of at least 4 members (excludes halogenated alkanes) is 1. The Morgan fingerprint density at radius 3 is 2.40 bits per heavy atom. The third-order valence-corrected chi connectivity index (χ3v) is 8.78. The average molecular weight is 663 g/mol. The van der Waals surface area contributed by atoms with E-state index >= 15 is 0 Å². The van der Waals surface area contributed by atoms with Crippen molar-refractivity contribution in [3.8, 4) is 5.75 Å². The minimum atomic E-state index is -1.26. The van der Waals surface area contributed by atoms with Gasteiger partial charge in [0.2, 0.25) is 23.6 Å². The molecule has 0 radical (unpaired) electrons. The summed E-state index contributed by atoms with van der Waals surface area (Å²) in [5.41, 5.74) is -0.154. The maximum absolute atomic E-state index is 14.1. The van der Waals surface area contributed by atoms with E-state index in [2.05, 4.69) is 31.5 Å². The Morgan fingerprint density at radius 1 is 0.917 bits per heavy atom. The first-order chi connectivity index (χ1) is 23.2. The lowest BCUT2D eigenvalue weighted by atomic mass is 9.80. The molecule has 12 nitrogen and oxygen atoms in total. The minimum Gasteiger partial charge on any atom is -0.493 e. The molecule has 5 N–H and O–H groups in total. The molecule has 48 heavy (non-hydrogen) atoms. The Labute approximate surface area is 283 Å². The highest BCUT2D eigenvalue weighted by molar-refractivity contribution is 6.01. The molecule has 5 amide bonds. The van der Waals surface area contributed by atoms with Crippen LogP contribution in [0.1, 0.15) is 73.7 Å². The molecule has 1 spiro atoms. The van der Waals surface area contributed by atoms with E-state index in [0.29, 0.717) is 44.4 Å². The summed E-state index contributed by atoms with van der Waals surface area (Å²) in [7, 11) is 3.96. The van der Waals surface area contributed by atoms with Crippen molar-refractivity contribution in [2.75, 3.05) is 40.3 Å². The summed E-state index contributed by atoms with van der Waals surface area (Å²) in [6.45, 7) is 1.75. The standard InChI is InChI=1S/C36H50N6O6/c1-42(2)22-12-11-20-37-34(46)29-25-31(43)41-36(18-9-4-10-19-36)35(47)40-28(24-26-14-5-3-6-15-26)33(45)38-21-13-23-48-30-17-8-7-16-27(30)32(44)39-29/h3,5-8,14-17,28-29H,4,9-13,18-25H2,1-2H3,(H,37,46)(H,38,45)(H,39,44)(H,40,47)(H,41,43)/t28-,29-/m0/s1.